The number of ether oxygens (including phenoxy) is 2. The number of carbonyl (C=O) groups is 2. The van der Waals surface area contributed by atoms with Crippen molar-refractivity contribution < 1.29 is 19.1 Å². The molecule has 0 aromatic heterocycles. The van der Waals surface area contributed by atoms with Crippen molar-refractivity contribution in [2.75, 3.05) is 12.4 Å². The molecule has 0 unspecified atom stereocenters. The lowest BCUT2D eigenvalue weighted by atomic mass is 10.2. The molecule has 0 aliphatic carbocycles. The SMILES string of the molecule is CC(C)(C)OC(=O)COc1ccc(/C=N\NC(=O)CSCc2cccc(Cl)c2)cc1. The lowest BCUT2D eigenvalue weighted by Gasteiger charge is -2.19. The fraction of sp³-hybridized carbons (Fsp3) is 0.318. The van der Waals surface area contributed by atoms with Crippen molar-refractivity contribution in [2.45, 2.75) is 32.1 Å². The minimum absolute atomic E-state index is 0.159. The van der Waals surface area contributed by atoms with Crippen molar-refractivity contribution in [2.24, 2.45) is 5.10 Å². The smallest absolute Gasteiger partial charge is 0.344 e. The second kappa shape index (κ2) is 11.6. The van der Waals surface area contributed by atoms with Crippen molar-refractivity contribution in [1.29, 1.82) is 0 Å². The van der Waals surface area contributed by atoms with Crippen molar-refractivity contribution in [1.82, 2.24) is 5.43 Å². The van der Waals surface area contributed by atoms with Crippen LogP contribution in [0.4, 0.5) is 0 Å². The summed E-state index contributed by atoms with van der Waals surface area (Å²) >= 11 is 7.42. The molecule has 8 heteroatoms. The Kier molecular flexibility index (Phi) is 9.20. The van der Waals surface area contributed by atoms with E-state index in [1.54, 1.807) is 45.0 Å². The Morgan fingerprint density at radius 2 is 1.90 bits per heavy atom. The molecular weight excluding hydrogens is 424 g/mol. The summed E-state index contributed by atoms with van der Waals surface area (Å²) in [5.41, 5.74) is 3.80. The van der Waals surface area contributed by atoms with E-state index >= 15 is 0 Å². The molecule has 0 radical (unpaired) electrons. The van der Waals surface area contributed by atoms with Crippen LogP contribution in [0.15, 0.2) is 53.6 Å². The van der Waals surface area contributed by atoms with E-state index in [1.807, 2.05) is 24.3 Å². The number of nitrogens with zero attached hydrogens (tertiary/aromatic N) is 1. The van der Waals surface area contributed by atoms with Crippen LogP contribution < -0.4 is 10.2 Å². The summed E-state index contributed by atoms with van der Waals surface area (Å²) in [6.07, 6.45) is 1.54. The summed E-state index contributed by atoms with van der Waals surface area (Å²) < 4.78 is 10.6. The Balaban J connectivity index is 1.69. The maximum absolute atomic E-state index is 11.9. The van der Waals surface area contributed by atoms with E-state index in [0.29, 0.717) is 22.3 Å². The largest absolute Gasteiger partial charge is 0.482 e. The molecular formula is C22H25ClN2O4S. The Morgan fingerprint density at radius 1 is 1.17 bits per heavy atom. The third-order valence-corrected chi connectivity index (χ3v) is 4.69. The topological polar surface area (TPSA) is 77.0 Å². The van der Waals surface area contributed by atoms with E-state index in [0.717, 1.165) is 11.1 Å². The quantitative estimate of drug-likeness (QED) is 0.348. The number of halogens is 1. The maximum Gasteiger partial charge on any atom is 0.344 e. The van der Waals surface area contributed by atoms with E-state index in [4.69, 9.17) is 21.1 Å². The summed E-state index contributed by atoms with van der Waals surface area (Å²) in [6.45, 7) is 5.25. The number of benzene rings is 2. The lowest BCUT2D eigenvalue weighted by molar-refractivity contribution is -0.157. The number of carbonyl (C=O) groups excluding carboxylic acids is 2. The predicted molar refractivity (Wildman–Crippen MR) is 121 cm³/mol. The molecule has 2 rings (SSSR count). The van der Waals surface area contributed by atoms with Gasteiger partial charge in [0.15, 0.2) is 6.61 Å². The number of hydrazone groups is 1. The van der Waals surface area contributed by atoms with Gasteiger partial charge in [0, 0.05) is 10.8 Å². The minimum Gasteiger partial charge on any atom is -0.482 e. The molecule has 6 nitrogen and oxygen atoms in total. The van der Waals surface area contributed by atoms with Crippen molar-refractivity contribution in [3.8, 4) is 5.75 Å². The zero-order valence-corrected chi connectivity index (χ0v) is 18.8. The number of esters is 1. The standard InChI is InChI=1S/C22H25ClN2O4S/c1-22(2,3)29-21(27)13-28-19-9-7-16(8-10-19)12-24-25-20(26)15-30-14-17-5-4-6-18(23)11-17/h4-12H,13-15H2,1-3H3,(H,25,26)/b24-12-. The lowest BCUT2D eigenvalue weighted by Crippen LogP contribution is -2.27. The number of amides is 1. The van der Waals surface area contributed by atoms with E-state index < -0.39 is 11.6 Å². The summed E-state index contributed by atoms with van der Waals surface area (Å²) in [7, 11) is 0. The fourth-order valence-electron chi connectivity index (χ4n) is 2.26. The summed E-state index contributed by atoms with van der Waals surface area (Å²) in [4.78, 5) is 23.5. The first-order valence-corrected chi connectivity index (χ1v) is 10.8. The molecule has 30 heavy (non-hydrogen) atoms. The summed E-state index contributed by atoms with van der Waals surface area (Å²) in [6, 6.07) is 14.5. The highest BCUT2D eigenvalue weighted by Gasteiger charge is 2.16. The van der Waals surface area contributed by atoms with Gasteiger partial charge in [-0.2, -0.15) is 5.10 Å². The Bertz CT molecular complexity index is 879. The molecule has 0 heterocycles. The Labute approximate surface area is 186 Å². The van der Waals surface area contributed by atoms with Crippen LogP contribution in [0.1, 0.15) is 31.9 Å². The van der Waals surface area contributed by atoms with Gasteiger partial charge in [0.1, 0.15) is 11.4 Å². The zero-order valence-electron chi connectivity index (χ0n) is 17.2. The van der Waals surface area contributed by atoms with Crippen molar-refractivity contribution in [3.05, 3.63) is 64.7 Å². The molecule has 0 spiro atoms. The molecule has 2 aromatic carbocycles. The average molecular weight is 449 g/mol. The first-order chi connectivity index (χ1) is 14.2. The fourth-order valence-corrected chi connectivity index (χ4v) is 3.24. The van der Waals surface area contributed by atoms with Crippen LogP contribution in [0.5, 0.6) is 5.75 Å². The van der Waals surface area contributed by atoms with Gasteiger partial charge in [-0.05, 0) is 68.3 Å². The molecule has 2 aromatic rings. The third kappa shape index (κ3) is 9.80. The number of rotatable bonds is 9. The van der Waals surface area contributed by atoms with Gasteiger partial charge in [0.05, 0.1) is 12.0 Å². The van der Waals surface area contributed by atoms with E-state index in [-0.39, 0.29) is 12.5 Å². The average Bonchev–Trinajstić information content (AvgIpc) is 2.66. The number of thioether (sulfide) groups is 1. The van der Waals surface area contributed by atoms with Gasteiger partial charge in [-0.1, -0.05) is 23.7 Å². The molecule has 1 N–H and O–H groups in total. The second-order valence-electron chi connectivity index (χ2n) is 7.36. The Morgan fingerprint density at radius 3 is 2.57 bits per heavy atom. The van der Waals surface area contributed by atoms with Gasteiger partial charge in [0.25, 0.3) is 0 Å². The first kappa shape index (κ1) is 23.8. The molecule has 0 bridgehead atoms. The minimum atomic E-state index is -0.543. The third-order valence-electron chi connectivity index (χ3n) is 3.45. The highest BCUT2D eigenvalue weighted by molar-refractivity contribution is 7.99. The molecule has 0 fully saturated rings. The summed E-state index contributed by atoms with van der Waals surface area (Å²) in [5, 5.41) is 4.64. The Hall–Kier alpha value is -2.51. The molecule has 0 aliphatic heterocycles. The zero-order chi connectivity index (χ0) is 22.0. The van der Waals surface area contributed by atoms with Gasteiger partial charge >= 0.3 is 5.97 Å². The van der Waals surface area contributed by atoms with Crippen LogP contribution in [0.2, 0.25) is 5.02 Å². The number of hydrogen-bond acceptors (Lipinski definition) is 6. The van der Waals surface area contributed by atoms with Crippen LogP contribution in [0.25, 0.3) is 0 Å². The monoisotopic (exact) mass is 448 g/mol. The molecule has 160 valence electrons. The van der Waals surface area contributed by atoms with Crippen molar-refractivity contribution in [3.63, 3.8) is 0 Å². The predicted octanol–water partition coefficient (Wildman–Crippen LogP) is 4.44. The molecule has 0 saturated heterocycles. The number of hydrogen-bond donors (Lipinski definition) is 1. The van der Waals surface area contributed by atoms with Crippen LogP contribution in [-0.4, -0.2) is 36.1 Å². The van der Waals surface area contributed by atoms with Crippen molar-refractivity contribution >= 4 is 41.5 Å². The summed E-state index contributed by atoms with van der Waals surface area (Å²) in [5.74, 6) is 0.920. The molecule has 0 aliphatic rings. The highest BCUT2D eigenvalue weighted by atomic mass is 35.5. The van der Waals surface area contributed by atoms with Gasteiger partial charge in [-0.3, -0.25) is 4.79 Å². The maximum atomic E-state index is 11.9. The van der Waals surface area contributed by atoms with Gasteiger partial charge < -0.3 is 9.47 Å². The molecule has 1 amide bonds. The number of nitrogens with one attached hydrogen (secondary N) is 1. The normalized spacial score (nSPS) is 11.3. The van der Waals surface area contributed by atoms with Crippen LogP contribution in [-0.2, 0) is 20.1 Å². The van der Waals surface area contributed by atoms with Crippen LogP contribution in [0, 0.1) is 0 Å². The first-order valence-electron chi connectivity index (χ1n) is 9.30. The van der Waals surface area contributed by atoms with Gasteiger partial charge in [-0.15, -0.1) is 11.8 Å². The van der Waals surface area contributed by atoms with Crippen LogP contribution in [0.3, 0.4) is 0 Å². The molecule has 0 saturated carbocycles. The molecule has 0 atom stereocenters. The van der Waals surface area contributed by atoms with Gasteiger partial charge in [0.2, 0.25) is 5.91 Å². The highest BCUT2D eigenvalue weighted by Crippen LogP contribution is 2.16. The van der Waals surface area contributed by atoms with Crippen LogP contribution >= 0.6 is 23.4 Å². The van der Waals surface area contributed by atoms with Gasteiger partial charge in [-0.25, -0.2) is 10.2 Å². The van der Waals surface area contributed by atoms with E-state index in [1.165, 1.54) is 18.0 Å². The van der Waals surface area contributed by atoms with E-state index in [2.05, 4.69) is 10.5 Å². The van der Waals surface area contributed by atoms with E-state index in [9.17, 15) is 9.59 Å². The second-order valence-corrected chi connectivity index (χ2v) is 8.78.